The summed E-state index contributed by atoms with van der Waals surface area (Å²) in [6.45, 7) is 7.80. The maximum Gasteiger partial charge on any atom is 0.377 e. The van der Waals surface area contributed by atoms with Gasteiger partial charge in [0.2, 0.25) is 0 Å². The number of nitrogens with two attached hydrogens (primary N) is 1. The largest absolute Gasteiger partial charge is 0.606 e. The molecule has 0 aromatic carbocycles. The zero-order chi connectivity index (χ0) is 30.0. The molecule has 0 aliphatic rings. The first-order valence-corrected chi connectivity index (χ1v) is 17.3. The minimum Gasteiger partial charge on any atom is -0.606 e. The Bertz CT molecular complexity index is 610. The van der Waals surface area contributed by atoms with Gasteiger partial charge in [0, 0.05) is 25.8 Å². The number of hydrogen-bond acceptors (Lipinski definition) is 8. The third-order valence-corrected chi connectivity index (χ3v) is 8.14. The number of phosphoric acid groups is 1. The number of hydrogen-bond donors (Lipinski definition) is 3. The molecule has 40 heavy (non-hydrogen) atoms. The Morgan fingerprint density at radius 2 is 1.40 bits per heavy atom. The van der Waals surface area contributed by atoms with Crippen molar-refractivity contribution in [1.29, 1.82) is 0 Å². The molecule has 0 bridgehead atoms. The summed E-state index contributed by atoms with van der Waals surface area (Å²) >= 11 is 0. The topological polar surface area (TPSA) is 126 Å². The van der Waals surface area contributed by atoms with Gasteiger partial charge in [0.15, 0.2) is 0 Å². The van der Waals surface area contributed by atoms with E-state index in [0.29, 0.717) is 26.3 Å². The van der Waals surface area contributed by atoms with E-state index >= 15 is 0 Å². The molecule has 0 radical (unpaired) electrons. The van der Waals surface area contributed by atoms with Crippen LogP contribution >= 0.6 is 8.17 Å². The predicted octanol–water partition coefficient (Wildman–Crippen LogP) is 5.03. The fourth-order valence-electron chi connectivity index (χ4n) is 4.39. The number of phosphoric ester groups is 1. The van der Waals surface area contributed by atoms with Crippen molar-refractivity contribution in [3.05, 3.63) is 12.7 Å². The smallest absolute Gasteiger partial charge is 0.377 e. The number of carbonyl (C=O) groups excluding carboxylic acids is 1. The van der Waals surface area contributed by atoms with Crippen LogP contribution < -0.4 is 15.9 Å². The maximum atomic E-state index is 12.3. The van der Waals surface area contributed by atoms with Gasteiger partial charge in [-0.1, -0.05) is 110 Å². The van der Waals surface area contributed by atoms with Gasteiger partial charge in [-0.25, -0.2) is 4.79 Å². The van der Waals surface area contributed by atoms with Crippen molar-refractivity contribution < 1.29 is 32.8 Å². The highest BCUT2D eigenvalue weighted by Crippen LogP contribution is 2.47. The predicted molar refractivity (Wildman–Crippen MR) is 164 cm³/mol. The van der Waals surface area contributed by atoms with Gasteiger partial charge in [-0.2, -0.15) is 13.9 Å². The van der Waals surface area contributed by atoms with Gasteiger partial charge in [-0.3, -0.25) is 4.48 Å². The quantitative estimate of drug-likeness (QED) is 0.0459. The maximum absolute atomic E-state index is 12.3. The first-order chi connectivity index (χ1) is 19.2. The monoisotopic (exact) mass is 592 g/mol. The van der Waals surface area contributed by atoms with E-state index in [1.54, 1.807) is 14.1 Å². The molecule has 4 N–H and O–H groups in total. The lowest BCUT2D eigenvalue weighted by atomic mass is 10.0. The van der Waals surface area contributed by atoms with Gasteiger partial charge < -0.3 is 20.7 Å². The number of nitrogens with zero attached hydrogens (tertiary/aromatic N) is 1. The molecule has 0 saturated heterocycles. The van der Waals surface area contributed by atoms with Gasteiger partial charge in [-0.15, -0.1) is 0 Å². The van der Waals surface area contributed by atoms with Gasteiger partial charge >= 0.3 is 14.1 Å². The van der Waals surface area contributed by atoms with Crippen LogP contribution in [0.15, 0.2) is 12.7 Å². The lowest BCUT2D eigenvalue weighted by Gasteiger charge is -2.27. The van der Waals surface area contributed by atoms with E-state index < -0.39 is 8.17 Å². The Labute approximate surface area is 246 Å². The Hall–Kier alpha value is -0.480. The molecular weight excluding hydrogens is 529 g/mol. The standard InChI is InChI=1S/C30H62N3O6P/c1-5-7-8-9-10-11-12-13-14-15-16-17-18-19-20-21-25-37-27-29(32-23-22-31)28-39-40(35,36)38-26-24-33(3,4)30(34)6-2/h6,29,32H,2,5,7-28,31H2,1,3-4H3/p+1. The van der Waals surface area contributed by atoms with E-state index in [1.165, 1.54) is 96.0 Å². The highest BCUT2D eigenvalue weighted by molar-refractivity contribution is 7.52. The number of ether oxygens (including phenoxy) is 1. The van der Waals surface area contributed by atoms with E-state index in [1.807, 2.05) is 0 Å². The molecule has 9 nitrogen and oxygen atoms in total. The molecular formula is C30H63N3O6P+. The third-order valence-electron chi connectivity index (χ3n) is 7.15. The fraction of sp³-hybridized carbons (Fsp3) is 0.900. The van der Waals surface area contributed by atoms with Crippen LogP contribution in [-0.2, 0) is 18.6 Å². The molecule has 2 atom stereocenters. The molecule has 0 aromatic rings. The number of unbranched alkanes of at least 4 members (excludes halogenated alkanes) is 15. The van der Waals surface area contributed by atoms with Crippen LogP contribution in [0.3, 0.4) is 0 Å². The van der Waals surface area contributed by atoms with E-state index in [2.05, 4.69) is 18.8 Å². The van der Waals surface area contributed by atoms with Crippen LogP contribution in [0.1, 0.15) is 110 Å². The molecule has 0 saturated carbocycles. The number of likely N-dealkylation sites (N-methyl/N-ethyl adjacent to an activating group) is 1. The summed E-state index contributed by atoms with van der Waals surface area (Å²) in [5.74, 6) is -0.204. The number of nitrogens with one attached hydrogen (secondary N) is 1. The third kappa shape index (κ3) is 24.2. The van der Waals surface area contributed by atoms with Gasteiger partial charge in [-0.05, 0) is 6.42 Å². The summed E-state index contributed by atoms with van der Waals surface area (Å²) < 4.78 is 16.0. The molecule has 2 unspecified atom stereocenters. The second-order valence-corrected chi connectivity index (χ2v) is 12.8. The zero-order valence-corrected chi connectivity index (χ0v) is 27.0. The van der Waals surface area contributed by atoms with E-state index in [9.17, 15) is 14.6 Å². The van der Waals surface area contributed by atoms with E-state index in [4.69, 9.17) is 19.5 Å². The Balaban J connectivity index is 3.83. The Kier molecular flexibility index (Phi) is 25.9. The van der Waals surface area contributed by atoms with Crippen molar-refractivity contribution in [3.63, 3.8) is 0 Å². The van der Waals surface area contributed by atoms with Crippen molar-refractivity contribution in [2.45, 2.75) is 116 Å². The molecule has 0 spiro atoms. The van der Waals surface area contributed by atoms with Gasteiger partial charge in [0.1, 0.15) is 19.8 Å². The molecule has 1 amide bonds. The van der Waals surface area contributed by atoms with Crippen molar-refractivity contribution in [2.24, 2.45) is 5.73 Å². The van der Waals surface area contributed by atoms with Crippen LogP contribution in [0, 0.1) is 0 Å². The minimum atomic E-state index is -4.26. The SMILES string of the molecule is C=CC(=O)[N+](C)(C)CCO[P+]([O-])(O)OCC(COCCCCCCCCCCCCCCCCCC)NCCN. The average Bonchev–Trinajstić information content (AvgIpc) is 2.92. The first kappa shape index (κ1) is 39.5. The second kappa shape index (κ2) is 26.2. The molecule has 0 aliphatic heterocycles. The molecule has 0 fully saturated rings. The summed E-state index contributed by atoms with van der Waals surface area (Å²) in [6, 6.07) is -0.275. The van der Waals surface area contributed by atoms with Crippen molar-refractivity contribution >= 4 is 14.1 Å². The fourth-order valence-corrected chi connectivity index (χ4v) is 5.15. The molecule has 10 heteroatoms. The lowest BCUT2D eigenvalue weighted by Crippen LogP contribution is -2.46. The minimum absolute atomic E-state index is 0.0304. The lowest BCUT2D eigenvalue weighted by molar-refractivity contribution is -0.811. The van der Waals surface area contributed by atoms with Gasteiger partial charge in [0.25, 0.3) is 0 Å². The van der Waals surface area contributed by atoms with Crippen LogP contribution in [0.2, 0.25) is 0 Å². The number of amides is 1. The Morgan fingerprint density at radius 1 is 0.900 bits per heavy atom. The van der Waals surface area contributed by atoms with Gasteiger partial charge in [0.05, 0.1) is 26.7 Å². The number of rotatable bonds is 30. The van der Waals surface area contributed by atoms with Crippen LogP contribution in [0.25, 0.3) is 0 Å². The van der Waals surface area contributed by atoms with Crippen molar-refractivity contribution in [2.75, 3.05) is 60.2 Å². The first-order valence-electron chi connectivity index (χ1n) is 15.8. The summed E-state index contributed by atoms with van der Waals surface area (Å²) in [4.78, 5) is 34.1. The van der Waals surface area contributed by atoms with Crippen LogP contribution in [0.5, 0.6) is 0 Å². The van der Waals surface area contributed by atoms with Crippen LogP contribution in [0.4, 0.5) is 0 Å². The average molecular weight is 593 g/mol. The van der Waals surface area contributed by atoms with Crippen molar-refractivity contribution in [1.82, 2.24) is 5.32 Å². The summed E-state index contributed by atoms with van der Waals surface area (Å²) in [6.07, 6.45) is 22.5. The highest BCUT2D eigenvalue weighted by Gasteiger charge is 2.32. The summed E-state index contributed by atoms with van der Waals surface area (Å²) in [5.41, 5.74) is 5.59. The van der Waals surface area contributed by atoms with Crippen molar-refractivity contribution in [3.8, 4) is 0 Å². The van der Waals surface area contributed by atoms with E-state index in [-0.39, 0.29) is 36.2 Å². The molecule has 0 aromatic heterocycles. The van der Waals surface area contributed by atoms with Crippen LogP contribution in [-0.4, -0.2) is 81.5 Å². The molecule has 0 heterocycles. The molecule has 0 rings (SSSR count). The number of quaternary nitrogens is 1. The molecule has 0 aliphatic carbocycles. The molecule has 238 valence electrons. The van der Waals surface area contributed by atoms with E-state index in [0.717, 1.165) is 12.8 Å². The normalized spacial score (nSPS) is 14.2. The summed E-state index contributed by atoms with van der Waals surface area (Å²) in [5, 5.41) is 3.18. The Morgan fingerprint density at radius 3 is 1.88 bits per heavy atom. The highest BCUT2D eigenvalue weighted by atomic mass is 31.2. The zero-order valence-electron chi connectivity index (χ0n) is 26.1. The number of carbonyl (C=O) groups is 1. The summed E-state index contributed by atoms with van der Waals surface area (Å²) in [7, 11) is -0.895. The second-order valence-electron chi connectivity index (χ2n) is 11.4.